The summed E-state index contributed by atoms with van der Waals surface area (Å²) in [5.41, 5.74) is 1.32. The highest BCUT2D eigenvalue weighted by Crippen LogP contribution is 2.22. The Kier molecular flexibility index (Phi) is 4.48. The van der Waals surface area contributed by atoms with Crippen LogP contribution in [0, 0.1) is 0 Å². The molecule has 0 bridgehead atoms. The number of carbonyl (C=O) groups is 1. The minimum atomic E-state index is -0.511. The van der Waals surface area contributed by atoms with Gasteiger partial charge in [-0.05, 0) is 24.3 Å². The van der Waals surface area contributed by atoms with E-state index in [0.29, 0.717) is 16.6 Å². The van der Waals surface area contributed by atoms with Crippen LogP contribution < -0.4 is 5.56 Å². The number of aromatic nitrogens is 2. The summed E-state index contributed by atoms with van der Waals surface area (Å²) in [5.74, 6) is -0.104. The van der Waals surface area contributed by atoms with Crippen molar-refractivity contribution in [3.8, 4) is 11.5 Å². The maximum atomic E-state index is 11.9. The summed E-state index contributed by atoms with van der Waals surface area (Å²) in [7, 11) is 1.28. The van der Waals surface area contributed by atoms with Crippen molar-refractivity contribution in [1.82, 2.24) is 9.55 Å². The van der Waals surface area contributed by atoms with Crippen molar-refractivity contribution >= 4 is 17.6 Å². The predicted octanol–water partition coefficient (Wildman–Crippen LogP) is 2.99. The Balaban J connectivity index is 1.87. The Hall–Kier alpha value is -2.86. The lowest BCUT2D eigenvalue weighted by molar-refractivity contribution is 0.0599. The van der Waals surface area contributed by atoms with E-state index in [1.54, 1.807) is 18.2 Å². The van der Waals surface area contributed by atoms with Crippen LogP contribution in [0.2, 0.25) is 5.02 Å². The van der Waals surface area contributed by atoms with Crippen LogP contribution >= 0.6 is 11.6 Å². The lowest BCUT2D eigenvalue weighted by Crippen LogP contribution is -2.21. The molecule has 0 N–H and O–H groups in total. The van der Waals surface area contributed by atoms with Crippen molar-refractivity contribution < 1.29 is 13.9 Å². The molecular weight excluding hydrogens is 332 g/mol. The van der Waals surface area contributed by atoms with Crippen molar-refractivity contribution in [2.45, 2.75) is 6.54 Å². The standard InChI is InChI=1S/C17H13ClN2O4/c1-23-17(22)12-5-6-15(21)20(8-12)9-14-10-24-16(19-14)11-3-2-4-13(18)7-11/h2-8,10H,9H2,1H3. The number of pyridine rings is 1. The first-order valence-electron chi connectivity index (χ1n) is 7.06. The van der Waals surface area contributed by atoms with Gasteiger partial charge in [-0.1, -0.05) is 17.7 Å². The Labute approximate surface area is 142 Å². The predicted molar refractivity (Wildman–Crippen MR) is 88.1 cm³/mol. The van der Waals surface area contributed by atoms with Crippen LogP contribution in [0.3, 0.4) is 0 Å². The Bertz CT molecular complexity index is 946. The van der Waals surface area contributed by atoms with Crippen LogP contribution in [0.5, 0.6) is 0 Å². The molecular formula is C17H13ClN2O4. The molecule has 1 aromatic carbocycles. The molecule has 0 saturated heterocycles. The van der Waals surface area contributed by atoms with E-state index in [1.165, 1.54) is 36.3 Å². The minimum absolute atomic E-state index is 0.174. The molecule has 3 aromatic rings. The number of halogens is 1. The summed E-state index contributed by atoms with van der Waals surface area (Å²) in [4.78, 5) is 27.9. The molecule has 0 amide bonds. The van der Waals surface area contributed by atoms with Gasteiger partial charge >= 0.3 is 5.97 Å². The molecule has 0 unspecified atom stereocenters. The van der Waals surface area contributed by atoms with Crippen LogP contribution in [0.1, 0.15) is 16.1 Å². The summed E-state index contributed by atoms with van der Waals surface area (Å²) >= 11 is 5.95. The minimum Gasteiger partial charge on any atom is -0.465 e. The molecule has 7 heteroatoms. The molecule has 24 heavy (non-hydrogen) atoms. The quantitative estimate of drug-likeness (QED) is 0.680. The number of methoxy groups -OCH3 is 1. The zero-order chi connectivity index (χ0) is 17.1. The molecule has 0 fully saturated rings. The van der Waals surface area contributed by atoms with E-state index >= 15 is 0 Å². The zero-order valence-electron chi connectivity index (χ0n) is 12.7. The SMILES string of the molecule is COC(=O)c1ccc(=O)n(Cc2coc(-c3cccc(Cl)c3)n2)c1. The van der Waals surface area contributed by atoms with E-state index < -0.39 is 5.97 Å². The van der Waals surface area contributed by atoms with Gasteiger partial charge in [-0.25, -0.2) is 9.78 Å². The van der Waals surface area contributed by atoms with Crippen LogP contribution in [-0.4, -0.2) is 22.6 Å². The first kappa shape index (κ1) is 16.0. The molecule has 0 aliphatic heterocycles. The number of rotatable bonds is 4. The number of hydrogen-bond donors (Lipinski definition) is 0. The monoisotopic (exact) mass is 344 g/mol. The fourth-order valence-corrected chi connectivity index (χ4v) is 2.39. The normalized spacial score (nSPS) is 10.6. The second kappa shape index (κ2) is 6.72. The van der Waals surface area contributed by atoms with Gasteiger partial charge in [-0.15, -0.1) is 0 Å². The molecule has 6 nitrogen and oxygen atoms in total. The fourth-order valence-electron chi connectivity index (χ4n) is 2.20. The summed E-state index contributed by atoms with van der Waals surface area (Å²) in [6.07, 6.45) is 2.90. The molecule has 0 aliphatic rings. The third-order valence-corrected chi connectivity index (χ3v) is 3.60. The van der Waals surface area contributed by atoms with Crippen molar-refractivity contribution in [2.75, 3.05) is 7.11 Å². The lowest BCUT2D eigenvalue weighted by Gasteiger charge is -2.05. The zero-order valence-corrected chi connectivity index (χ0v) is 13.5. The van der Waals surface area contributed by atoms with Crippen LogP contribution in [-0.2, 0) is 11.3 Å². The lowest BCUT2D eigenvalue weighted by atomic mass is 10.2. The maximum absolute atomic E-state index is 11.9. The summed E-state index contributed by atoms with van der Waals surface area (Å²) in [6.45, 7) is 0.174. The van der Waals surface area contributed by atoms with Crippen molar-refractivity contribution in [2.24, 2.45) is 0 Å². The molecule has 0 aliphatic carbocycles. The van der Waals surface area contributed by atoms with Crippen LogP contribution in [0.4, 0.5) is 0 Å². The van der Waals surface area contributed by atoms with Crippen LogP contribution in [0.15, 0.2) is 58.1 Å². The first-order chi connectivity index (χ1) is 11.6. The molecule has 2 aromatic heterocycles. The molecule has 0 radical (unpaired) electrons. The molecule has 3 rings (SSSR count). The average molecular weight is 345 g/mol. The highest BCUT2D eigenvalue weighted by Gasteiger charge is 2.11. The first-order valence-corrected chi connectivity index (χ1v) is 7.44. The number of hydrogen-bond acceptors (Lipinski definition) is 5. The van der Waals surface area contributed by atoms with Gasteiger partial charge in [-0.3, -0.25) is 4.79 Å². The van der Waals surface area contributed by atoms with Gasteiger partial charge < -0.3 is 13.7 Å². The summed E-state index contributed by atoms with van der Waals surface area (Å²) in [6, 6.07) is 9.85. The van der Waals surface area contributed by atoms with E-state index in [-0.39, 0.29) is 17.7 Å². The molecule has 2 heterocycles. The van der Waals surface area contributed by atoms with Gasteiger partial charge in [0.15, 0.2) is 0 Å². The Morgan fingerprint density at radius 2 is 2.17 bits per heavy atom. The van der Waals surface area contributed by atoms with E-state index in [9.17, 15) is 9.59 Å². The van der Waals surface area contributed by atoms with Crippen molar-refractivity contribution in [3.05, 3.63) is 75.5 Å². The largest absolute Gasteiger partial charge is 0.465 e. The Morgan fingerprint density at radius 1 is 1.33 bits per heavy atom. The van der Waals surface area contributed by atoms with Gasteiger partial charge in [0.25, 0.3) is 5.56 Å². The average Bonchev–Trinajstić information content (AvgIpc) is 3.05. The highest BCUT2D eigenvalue weighted by atomic mass is 35.5. The second-order valence-electron chi connectivity index (χ2n) is 5.03. The van der Waals surface area contributed by atoms with E-state index in [2.05, 4.69) is 9.72 Å². The van der Waals surface area contributed by atoms with E-state index in [4.69, 9.17) is 16.0 Å². The van der Waals surface area contributed by atoms with E-state index in [0.717, 1.165) is 5.56 Å². The number of ether oxygens (including phenoxy) is 1. The van der Waals surface area contributed by atoms with Gasteiger partial charge in [0.05, 0.1) is 24.9 Å². The summed E-state index contributed by atoms with van der Waals surface area (Å²) in [5, 5.41) is 0.578. The van der Waals surface area contributed by atoms with Crippen molar-refractivity contribution in [3.63, 3.8) is 0 Å². The molecule has 0 saturated carbocycles. The smallest absolute Gasteiger partial charge is 0.339 e. The molecule has 0 spiro atoms. The number of benzene rings is 1. The van der Waals surface area contributed by atoms with Gasteiger partial charge in [0, 0.05) is 22.8 Å². The highest BCUT2D eigenvalue weighted by molar-refractivity contribution is 6.30. The third-order valence-electron chi connectivity index (χ3n) is 3.36. The summed E-state index contributed by atoms with van der Waals surface area (Å²) < 4.78 is 11.5. The fraction of sp³-hybridized carbons (Fsp3) is 0.118. The van der Waals surface area contributed by atoms with Crippen molar-refractivity contribution in [1.29, 1.82) is 0 Å². The second-order valence-corrected chi connectivity index (χ2v) is 5.47. The Morgan fingerprint density at radius 3 is 2.92 bits per heavy atom. The number of carbonyl (C=O) groups excluding carboxylic acids is 1. The topological polar surface area (TPSA) is 74.3 Å². The number of esters is 1. The van der Waals surface area contributed by atoms with Gasteiger partial charge in [0.2, 0.25) is 5.89 Å². The molecule has 122 valence electrons. The van der Waals surface area contributed by atoms with E-state index in [1.807, 2.05) is 6.07 Å². The third kappa shape index (κ3) is 3.38. The number of nitrogens with zero attached hydrogens (tertiary/aromatic N) is 2. The molecule has 0 atom stereocenters. The van der Waals surface area contributed by atoms with Crippen LogP contribution in [0.25, 0.3) is 11.5 Å². The maximum Gasteiger partial charge on any atom is 0.339 e. The van der Waals surface area contributed by atoms with Gasteiger partial charge in [0.1, 0.15) is 6.26 Å². The van der Waals surface area contributed by atoms with Gasteiger partial charge in [-0.2, -0.15) is 0 Å². The number of oxazole rings is 1.